The molecule has 1 atom stereocenters. The van der Waals surface area contributed by atoms with Crippen LogP contribution in [0.2, 0.25) is 0 Å². The first kappa shape index (κ1) is 22.6. The molecule has 2 amide bonds. The van der Waals surface area contributed by atoms with Crippen molar-refractivity contribution < 1.29 is 14.3 Å². The van der Waals surface area contributed by atoms with Gasteiger partial charge in [0.05, 0.1) is 12.8 Å². The normalized spacial score (nSPS) is 15.8. The molecular weight excluding hydrogens is 464 g/mol. The first-order valence-electron chi connectivity index (χ1n) is 10.0. The van der Waals surface area contributed by atoms with Gasteiger partial charge in [-0.1, -0.05) is 54.3 Å². The third kappa shape index (κ3) is 5.25. The number of aromatic nitrogens is 2. The zero-order valence-electron chi connectivity index (χ0n) is 17.6. The van der Waals surface area contributed by atoms with Gasteiger partial charge in [-0.25, -0.2) is 0 Å². The quantitative estimate of drug-likeness (QED) is 0.377. The number of fused-ring (bicyclic) bond motifs is 1. The topological polar surface area (TPSA) is 84.4 Å². The average Bonchev–Trinajstić information content (AvgIpc) is 3.18. The molecule has 10 heteroatoms. The number of ether oxygens (including phenoxy) is 1. The highest BCUT2D eigenvalue weighted by atomic mass is 32.2. The van der Waals surface area contributed by atoms with E-state index in [0.717, 1.165) is 32.0 Å². The molecule has 2 aromatic carbocycles. The van der Waals surface area contributed by atoms with E-state index >= 15 is 0 Å². The van der Waals surface area contributed by atoms with Crippen molar-refractivity contribution in [2.75, 3.05) is 29.6 Å². The number of carbonyl (C=O) groups excluding carboxylic acids is 2. The van der Waals surface area contributed by atoms with Crippen LogP contribution in [0.1, 0.15) is 24.2 Å². The second-order valence-corrected chi connectivity index (χ2v) is 10.6. The fourth-order valence-electron chi connectivity index (χ4n) is 3.30. The van der Waals surface area contributed by atoms with Gasteiger partial charge in [-0.05, 0) is 35.6 Å². The average molecular weight is 487 g/mol. The van der Waals surface area contributed by atoms with Gasteiger partial charge >= 0.3 is 0 Å². The van der Waals surface area contributed by atoms with Crippen molar-refractivity contribution in [1.82, 2.24) is 10.2 Å². The van der Waals surface area contributed by atoms with E-state index in [1.165, 1.54) is 11.3 Å². The number of nitrogens with one attached hydrogen (secondary N) is 1. The van der Waals surface area contributed by atoms with E-state index in [1.807, 2.05) is 55.5 Å². The Morgan fingerprint density at radius 1 is 1.22 bits per heavy atom. The molecule has 0 bridgehead atoms. The molecule has 0 saturated carbocycles. The van der Waals surface area contributed by atoms with E-state index in [-0.39, 0.29) is 30.0 Å². The zero-order valence-corrected chi connectivity index (χ0v) is 20.1. The minimum atomic E-state index is -0.301. The molecule has 7 nitrogen and oxygen atoms in total. The van der Waals surface area contributed by atoms with Gasteiger partial charge in [-0.2, -0.15) is 0 Å². The lowest BCUT2D eigenvalue weighted by atomic mass is 10.1. The number of hydrogen-bond donors (Lipinski definition) is 1. The van der Waals surface area contributed by atoms with E-state index in [2.05, 4.69) is 15.5 Å². The Labute approximate surface area is 198 Å². The van der Waals surface area contributed by atoms with Gasteiger partial charge in [-0.15, -0.1) is 22.0 Å². The summed E-state index contributed by atoms with van der Waals surface area (Å²) >= 11 is 4.54. The summed E-state index contributed by atoms with van der Waals surface area (Å²) < 4.78 is 6.05. The fraction of sp³-hybridized carbons (Fsp3) is 0.273. The lowest BCUT2D eigenvalue weighted by Crippen LogP contribution is -2.38. The smallest absolute Gasteiger partial charge is 0.246 e. The maximum absolute atomic E-state index is 13.2. The summed E-state index contributed by atoms with van der Waals surface area (Å²) in [5.41, 5.74) is 1.79. The monoisotopic (exact) mass is 486 g/mol. The van der Waals surface area contributed by atoms with Crippen molar-refractivity contribution in [2.24, 2.45) is 0 Å². The minimum absolute atomic E-state index is 0.0561. The van der Waals surface area contributed by atoms with Crippen molar-refractivity contribution in [3.05, 3.63) is 54.1 Å². The van der Waals surface area contributed by atoms with Gasteiger partial charge in [0.2, 0.25) is 16.9 Å². The van der Waals surface area contributed by atoms with Crippen molar-refractivity contribution in [3.8, 4) is 5.75 Å². The largest absolute Gasteiger partial charge is 0.497 e. The summed E-state index contributed by atoms with van der Waals surface area (Å²) in [7, 11) is 1.63. The first-order valence-corrected chi connectivity index (χ1v) is 12.7. The van der Waals surface area contributed by atoms with Gasteiger partial charge in [-0.3, -0.25) is 14.9 Å². The van der Waals surface area contributed by atoms with E-state index in [4.69, 9.17) is 4.74 Å². The molecule has 0 saturated heterocycles. The van der Waals surface area contributed by atoms with Crippen LogP contribution < -0.4 is 15.0 Å². The lowest BCUT2D eigenvalue weighted by molar-refractivity contribution is -0.121. The van der Waals surface area contributed by atoms with Gasteiger partial charge < -0.3 is 9.64 Å². The van der Waals surface area contributed by atoms with E-state index < -0.39 is 0 Å². The first-order chi connectivity index (χ1) is 15.6. The predicted octanol–water partition coefficient (Wildman–Crippen LogP) is 4.87. The molecule has 1 N–H and O–H groups in total. The van der Waals surface area contributed by atoms with E-state index in [9.17, 15) is 9.59 Å². The molecule has 1 aliphatic rings. The molecule has 2 heterocycles. The molecule has 1 aliphatic heterocycles. The minimum Gasteiger partial charge on any atom is -0.497 e. The van der Waals surface area contributed by atoms with Crippen molar-refractivity contribution in [1.29, 1.82) is 0 Å². The molecule has 0 spiro atoms. The number of anilines is 2. The molecule has 4 rings (SSSR count). The predicted molar refractivity (Wildman–Crippen MR) is 130 cm³/mol. The molecule has 3 aromatic rings. The molecule has 166 valence electrons. The molecule has 1 aromatic heterocycles. The van der Waals surface area contributed by atoms with Crippen LogP contribution >= 0.6 is 34.9 Å². The number of rotatable bonds is 7. The molecule has 0 radical (unpaired) electrons. The Hall–Kier alpha value is -2.56. The molecular formula is C22H22N4O3S3. The number of nitrogens with zero attached hydrogens (tertiary/aromatic N) is 3. The maximum atomic E-state index is 13.2. The Morgan fingerprint density at radius 2 is 2.00 bits per heavy atom. The van der Waals surface area contributed by atoms with Crippen LogP contribution in [0.15, 0.2) is 57.8 Å². The van der Waals surface area contributed by atoms with Gasteiger partial charge in [0.1, 0.15) is 12.3 Å². The SMILES string of the molecule is CCSc1nnc(NC(=O)CN2C(=O)CC(c3ccc(OC)cc3)Sc3ccccc32)s1. The zero-order chi connectivity index (χ0) is 22.5. The molecule has 1 unspecified atom stereocenters. The highest BCUT2D eigenvalue weighted by Crippen LogP contribution is 2.45. The van der Waals surface area contributed by atoms with Gasteiger partial charge in [0.15, 0.2) is 4.34 Å². The third-order valence-corrected chi connectivity index (χ3v) is 7.97. The second kappa shape index (κ2) is 10.4. The number of carbonyl (C=O) groups is 2. The second-order valence-electron chi connectivity index (χ2n) is 6.89. The Morgan fingerprint density at radius 3 is 2.75 bits per heavy atom. The van der Waals surface area contributed by atoms with Crippen LogP contribution in [0.5, 0.6) is 5.75 Å². The number of thioether (sulfide) groups is 2. The van der Waals surface area contributed by atoms with Crippen molar-refractivity contribution >= 4 is 57.5 Å². The number of hydrogen-bond acceptors (Lipinski definition) is 8. The van der Waals surface area contributed by atoms with Crippen molar-refractivity contribution in [2.45, 2.75) is 27.8 Å². The highest BCUT2D eigenvalue weighted by molar-refractivity contribution is 8.01. The van der Waals surface area contributed by atoms with E-state index in [1.54, 1.807) is 35.5 Å². The summed E-state index contributed by atoms with van der Waals surface area (Å²) in [4.78, 5) is 28.5. The summed E-state index contributed by atoms with van der Waals surface area (Å²) in [6.07, 6.45) is 0.287. The number of para-hydroxylation sites is 1. The molecule has 0 aliphatic carbocycles. The Bertz CT molecular complexity index is 1100. The van der Waals surface area contributed by atoms with Crippen LogP contribution in [0.3, 0.4) is 0 Å². The van der Waals surface area contributed by atoms with Crippen LogP contribution in [0.4, 0.5) is 10.8 Å². The van der Waals surface area contributed by atoms with Crippen LogP contribution in [-0.4, -0.2) is 41.4 Å². The number of amides is 2. The van der Waals surface area contributed by atoms with Gasteiger partial charge in [0.25, 0.3) is 0 Å². The Kier molecular flexibility index (Phi) is 7.33. The summed E-state index contributed by atoms with van der Waals surface area (Å²) in [5.74, 6) is 1.26. The number of methoxy groups -OCH3 is 1. The third-order valence-electron chi connectivity index (χ3n) is 4.80. The highest BCUT2D eigenvalue weighted by Gasteiger charge is 2.30. The summed E-state index contributed by atoms with van der Waals surface area (Å²) in [5, 5.41) is 11.2. The number of benzene rings is 2. The lowest BCUT2D eigenvalue weighted by Gasteiger charge is -2.21. The van der Waals surface area contributed by atoms with Crippen LogP contribution in [0, 0.1) is 0 Å². The van der Waals surface area contributed by atoms with E-state index in [0.29, 0.717) is 5.13 Å². The summed E-state index contributed by atoms with van der Waals surface area (Å²) in [6.45, 7) is 1.95. The molecule has 0 fully saturated rings. The van der Waals surface area contributed by atoms with Crippen LogP contribution in [0.25, 0.3) is 0 Å². The van der Waals surface area contributed by atoms with Crippen molar-refractivity contribution in [3.63, 3.8) is 0 Å². The maximum Gasteiger partial charge on any atom is 0.246 e. The molecule has 32 heavy (non-hydrogen) atoms. The standard InChI is InChI=1S/C22H22N4O3S3/c1-3-30-22-25-24-21(32-22)23-19(27)13-26-16-6-4-5-7-17(16)31-18(12-20(26)28)14-8-10-15(29-2)11-9-14/h4-11,18H,3,12-13H2,1-2H3,(H,23,24,27). The summed E-state index contributed by atoms with van der Waals surface area (Å²) in [6, 6.07) is 15.4. The van der Waals surface area contributed by atoms with Gasteiger partial charge in [0, 0.05) is 16.6 Å². The van der Waals surface area contributed by atoms with Crippen LogP contribution in [-0.2, 0) is 9.59 Å². The fourth-order valence-corrected chi connectivity index (χ4v) is 6.25. The Balaban J connectivity index is 1.53.